The van der Waals surface area contributed by atoms with Gasteiger partial charge in [-0.2, -0.15) is 0 Å². The van der Waals surface area contributed by atoms with Crippen LogP contribution in [0.2, 0.25) is 0 Å². The van der Waals surface area contributed by atoms with Crippen LogP contribution in [0.15, 0.2) is 18.3 Å². The van der Waals surface area contributed by atoms with Crippen LogP contribution in [0.4, 0.5) is 11.5 Å². The van der Waals surface area contributed by atoms with Crippen molar-refractivity contribution in [2.75, 3.05) is 11.9 Å². The standard InChI is InChI=1S/C12H15N3O3/c1-14(9-4-6-10(16)7-5-9)12-11(15(17)18)3-2-8-13-12/h2-3,8-9H,4-7H2,1H3. The van der Waals surface area contributed by atoms with E-state index >= 15 is 0 Å². The van der Waals surface area contributed by atoms with Gasteiger partial charge in [0.15, 0.2) is 0 Å². The molecule has 1 aliphatic rings. The molecule has 0 atom stereocenters. The van der Waals surface area contributed by atoms with E-state index in [1.807, 2.05) is 4.90 Å². The average Bonchev–Trinajstić information content (AvgIpc) is 2.39. The summed E-state index contributed by atoms with van der Waals surface area (Å²) in [6.45, 7) is 0. The van der Waals surface area contributed by atoms with Crippen molar-refractivity contribution in [1.82, 2.24) is 4.98 Å². The fraction of sp³-hybridized carbons (Fsp3) is 0.500. The minimum Gasteiger partial charge on any atom is -0.351 e. The molecule has 2 rings (SSSR count). The van der Waals surface area contributed by atoms with Crippen LogP contribution >= 0.6 is 0 Å². The Balaban J connectivity index is 2.20. The molecule has 0 aromatic carbocycles. The summed E-state index contributed by atoms with van der Waals surface area (Å²) in [7, 11) is 1.80. The third-order valence-corrected chi connectivity index (χ3v) is 3.36. The maximum absolute atomic E-state index is 11.2. The number of nitro groups is 1. The summed E-state index contributed by atoms with van der Waals surface area (Å²) in [5.74, 6) is 0.650. The number of rotatable bonds is 3. The molecule has 96 valence electrons. The van der Waals surface area contributed by atoms with E-state index in [-0.39, 0.29) is 17.5 Å². The van der Waals surface area contributed by atoms with Crippen LogP contribution in [0.25, 0.3) is 0 Å². The number of carbonyl (C=O) groups is 1. The summed E-state index contributed by atoms with van der Waals surface area (Å²) in [4.78, 5) is 27.6. The van der Waals surface area contributed by atoms with Gasteiger partial charge in [0.1, 0.15) is 5.78 Å². The maximum atomic E-state index is 11.2. The lowest BCUT2D eigenvalue weighted by atomic mass is 9.93. The number of pyridine rings is 1. The fourth-order valence-electron chi connectivity index (χ4n) is 2.29. The van der Waals surface area contributed by atoms with Gasteiger partial charge in [-0.05, 0) is 18.9 Å². The van der Waals surface area contributed by atoms with E-state index in [2.05, 4.69) is 4.98 Å². The zero-order valence-corrected chi connectivity index (χ0v) is 10.2. The number of anilines is 1. The normalized spacial score (nSPS) is 16.6. The summed E-state index contributed by atoms with van der Waals surface area (Å²) < 4.78 is 0. The molecule has 0 bridgehead atoms. The maximum Gasteiger partial charge on any atom is 0.311 e. The topological polar surface area (TPSA) is 76.3 Å². The number of nitrogens with zero attached hydrogens (tertiary/aromatic N) is 3. The highest BCUT2D eigenvalue weighted by Crippen LogP contribution is 2.29. The lowest BCUT2D eigenvalue weighted by molar-refractivity contribution is -0.384. The monoisotopic (exact) mass is 249 g/mol. The third kappa shape index (κ3) is 2.47. The molecule has 1 aromatic rings. The number of hydrogen-bond acceptors (Lipinski definition) is 5. The molecule has 0 spiro atoms. The summed E-state index contributed by atoms with van der Waals surface area (Å²) in [6.07, 6.45) is 4.13. The highest BCUT2D eigenvalue weighted by atomic mass is 16.6. The van der Waals surface area contributed by atoms with E-state index < -0.39 is 4.92 Å². The fourth-order valence-corrected chi connectivity index (χ4v) is 2.29. The summed E-state index contributed by atoms with van der Waals surface area (Å²) >= 11 is 0. The third-order valence-electron chi connectivity index (χ3n) is 3.36. The van der Waals surface area contributed by atoms with Crippen molar-refractivity contribution in [3.63, 3.8) is 0 Å². The van der Waals surface area contributed by atoms with Gasteiger partial charge >= 0.3 is 5.69 Å². The first-order valence-corrected chi connectivity index (χ1v) is 5.93. The Morgan fingerprint density at radius 3 is 2.72 bits per heavy atom. The Morgan fingerprint density at radius 1 is 1.44 bits per heavy atom. The Morgan fingerprint density at radius 2 is 2.11 bits per heavy atom. The Labute approximate surface area is 105 Å². The zero-order valence-electron chi connectivity index (χ0n) is 10.2. The van der Waals surface area contributed by atoms with Gasteiger partial charge in [-0.25, -0.2) is 4.98 Å². The molecular formula is C12H15N3O3. The predicted octanol–water partition coefficient (Wildman–Crippen LogP) is 1.94. The second-order valence-corrected chi connectivity index (χ2v) is 4.48. The number of hydrogen-bond donors (Lipinski definition) is 0. The number of ketones is 1. The van der Waals surface area contributed by atoms with Gasteiger partial charge in [-0.3, -0.25) is 14.9 Å². The lowest BCUT2D eigenvalue weighted by Gasteiger charge is -2.31. The van der Waals surface area contributed by atoms with Gasteiger partial charge in [0, 0.05) is 38.2 Å². The Hall–Kier alpha value is -1.98. The summed E-state index contributed by atoms with van der Waals surface area (Å²) in [5.41, 5.74) is 0.0110. The van der Waals surface area contributed by atoms with Crippen molar-refractivity contribution in [3.8, 4) is 0 Å². The molecule has 6 nitrogen and oxygen atoms in total. The molecule has 0 radical (unpaired) electrons. The predicted molar refractivity (Wildman–Crippen MR) is 66.6 cm³/mol. The molecule has 1 aromatic heterocycles. The second-order valence-electron chi connectivity index (χ2n) is 4.48. The molecule has 1 heterocycles. The van der Waals surface area contributed by atoms with E-state index in [1.165, 1.54) is 6.07 Å². The van der Waals surface area contributed by atoms with Crippen LogP contribution in [0, 0.1) is 10.1 Å². The van der Waals surface area contributed by atoms with E-state index in [0.717, 1.165) is 12.8 Å². The molecule has 1 aliphatic carbocycles. The molecule has 0 saturated heterocycles. The van der Waals surface area contributed by atoms with Crippen molar-refractivity contribution in [2.45, 2.75) is 31.7 Å². The second kappa shape index (κ2) is 5.12. The van der Waals surface area contributed by atoms with Crippen LogP contribution < -0.4 is 4.90 Å². The van der Waals surface area contributed by atoms with Gasteiger partial charge in [0.25, 0.3) is 0 Å². The van der Waals surface area contributed by atoms with Crippen molar-refractivity contribution in [1.29, 1.82) is 0 Å². The SMILES string of the molecule is CN(c1ncccc1[N+](=O)[O-])C1CCC(=O)CC1. The summed E-state index contributed by atoms with van der Waals surface area (Å²) in [5, 5.41) is 10.9. The van der Waals surface area contributed by atoms with Crippen molar-refractivity contribution in [3.05, 3.63) is 28.4 Å². The van der Waals surface area contributed by atoms with E-state index in [4.69, 9.17) is 0 Å². The number of carbonyl (C=O) groups excluding carboxylic acids is 1. The largest absolute Gasteiger partial charge is 0.351 e. The highest BCUT2D eigenvalue weighted by molar-refractivity contribution is 5.79. The molecular weight excluding hydrogens is 234 g/mol. The Kier molecular flexibility index (Phi) is 3.55. The molecule has 0 aliphatic heterocycles. The van der Waals surface area contributed by atoms with Crippen LogP contribution in [0.3, 0.4) is 0 Å². The quantitative estimate of drug-likeness (QED) is 0.604. The van der Waals surface area contributed by atoms with Gasteiger partial charge in [0.05, 0.1) is 4.92 Å². The van der Waals surface area contributed by atoms with Crippen LogP contribution in [0.1, 0.15) is 25.7 Å². The minimum absolute atomic E-state index is 0.0110. The van der Waals surface area contributed by atoms with Crippen LogP contribution in [-0.2, 0) is 4.79 Å². The first-order valence-electron chi connectivity index (χ1n) is 5.93. The molecule has 18 heavy (non-hydrogen) atoms. The number of aromatic nitrogens is 1. The van der Waals surface area contributed by atoms with E-state index in [0.29, 0.717) is 18.7 Å². The van der Waals surface area contributed by atoms with Gasteiger partial charge in [-0.1, -0.05) is 0 Å². The van der Waals surface area contributed by atoms with E-state index in [1.54, 1.807) is 19.3 Å². The first kappa shape index (κ1) is 12.5. The summed E-state index contributed by atoms with van der Waals surface area (Å²) in [6, 6.07) is 3.16. The van der Waals surface area contributed by atoms with Crippen molar-refractivity contribution in [2.24, 2.45) is 0 Å². The average molecular weight is 249 g/mol. The van der Waals surface area contributed by atoms with Crippen LogP contribution in [-0.4, -0.2) is 28.8 Å². The molecule has 0 N–H and O–H groups in total. The van der Waals surface area contributed by atoms with Gasteiger partial charge in [0.2, 0.25) is 5.82 Å². The van der Waals surface area contributed by atoms with Gasteiger partial charge in [-0.15, -0.1) is 0 Å². The van der Waals surface area contributed by atoms with Crippen LogP contribution in [0.5, 0.6) is 0 Å². The molecule has 1 saturated carbocycles. The molecule has 0 amide bonds. The Bertz CT molecular complexity index is 465. The zero-order chi connectivity index (χ0) is 13.1. The minimum atomic E-state index is -0.424. The molecule has 1 fully saturated rings. The van der Waals surface area contributed by atoms with Gasteiger partial charge < -0.3 is 4.90 Å². The smallest absolute Gasteiger partial charge is 0.311 e. The van der Waals surface area contributed by atoms with Crippen molar-refractivity contribution >= 4 is 17.3 Å². The molecule has 0 unspecified atom stereocenters. The molecule has 6 heteroatoms. The van der Waals surface area contributed by atoms with E-state index in [9.17, 15) is 14.9 Å². The highest BCUT2D eigenvalue weighted by Gasteiger charge is 2.27. The lowest BCUT2D eigenvalue weighted by Crippen LogP contribution is -2.36. The number of Topliss-reactive ketones (excluding diaryl/α,β-unsaturated/α-hetero) is 1. The van der Waals surface area contributed by atoms with Crippen molar-refractivity contribution < 1.29 is 9.72 Å². The first-order chi connectivity index (χ1) is 8.59.